The smallest absolute Gasteiger partial charge is 0.415 e. The number of rotatable bonds is 11. The molecule has 1 aliphatic heterocycles. The molecule has 2 aromatic heterocycles. The Balaban J connectivity index is 1.49. The minimum Gasteiger partial charge on any atom is -0.461 e. The van der Waals surface area contributed by atoms with E-state index in [9.17, 15) is 18.0 Å². The van der Waals surface area contributed by atoms with Crippen molar-refractivity contribution in [2.75, 3.05) is 49.4 Å². The van der Waals surface area contributed by atoms with Crippen molar-refractivity contribution in [1.29, 1.82) is 0 Å². The fraction of sp³-hybridized carbons (Fsp3) is 0.414. The summed E-state index contributed by atoms with van der Waals surface area (Å²) in [4.78, 5) is 41.9. The summed E-state index contributed by atoms with van der Waals surface area (Å²) in [6, 6.07) is 8.90. The summed E-state index contributed by atoms with van der Waals surface area (Å²) in [5.74, 6) is -0.0234. The summed E-state index contributed by atoms with van der Waals surface area (Å²) in [7, 11) is -2.62. The van der Waals surface area contributed by atoms with Crippen molar-refractivity contribution in [2.45, 2.75) is 44.2 Å². The number of carbonyl (C=O) groups excluding carboxylic acids is 2. The van der Waals surface area contributed by atoms with Gasteiger partial charge in [0.05, 0.1) is 12.3 Å². The zero-order valence-electron chi connectivity index (χ0n) is 24.7. The number of likely N-dealkylation sites (N-methyl/N-ethyl adjacent to an activating group) is 1. The van der Waals surface area contributed by atoms with E-state index in [-0.39, 0.29) is 28.9 Å². The maximum Gasteiger partial charge on any atom is 0.415 e. The molecule has 1 N–H and O–H groups in total. The average molecular weight is 612 g/mol. The van der Waals surface area contributed by atoms with Crippen molar-refractivity contribution in [3.8, 4) is 5.75 Å². The lowest BCUT2D eigenvalue weighted by molar-refractivity contribution is -0.148. The number of anilines is 2. The van der Waals surface area contributed by atoms with Crippen molar-refractivity contribution in [2.24, 2.45) is 0 Å². The van der Waals surface area contributed by atoms with Gasteiger partial charge in [-0.3, -0.25) is 9.29 Å². The van der Waals surface area contributed by atoms with E-state index in [1.54, 1.807) is 43.0 Å². The summed E-state index contributed by atoms with van der Waals surface area (Å²) in [6.07, 6.45) is 4.74. The Morgan fingerprint density at radius 1 is 1.05 bits per heavy atom. The van der Waals surface area contributed by atoms with Crippen LogP contribution in [0, 0.1) is 0 Å². The highest BCUT2D eigenvalue weighted by molar-refractivity contribution is 7.92. The molecule has 3 aromatic rings. The molecule has 43 heavy (non-hydrogen) atoms. The largest absolute Gasteiger partial charge is 0.461 e. The second-order valence-electron chi connectivity index (χ2n) is 10.2. The molecule has 0 bridgehead atoms. The van der Waals surface area contributed by atoms with Gasteiger partial charge in [0.2, 0.25) is 0 Å². The summed E-state index contributed by atoms with van der Waals surface area (Å²) in [5.41, 5.74) is 0.886. The predicted octanol–water partition coefficient (Wildman–Crippen LogP) is 2.81. The number of hydrogen-bond acceptors (Lipinski definition) is 11. The molecule has 1 atom stereocenters. The molecule has 0 saturated carbocycles. The SMILES string of the molecule is CCN1CCN(C(=O)Oc2ccc(C[C@H](Nc3ncncc3N(C)S(=O)(=O)c3cccnc3)C(=O)OC(C)C)cc2)CC1. The van der Waals surface area contributed by atoms with Gasteiger partial charge in [0.25, 0.3) is 10.0 Å². The number of sulfonamides is 1. The fourth-order valence-corrected chi connectivity index (χ4v) is 5.62. The van der Waals surface area contributed by atoms with Crippen LogP contribution in [0.15, 0.2) is 66.2 Å². The first-order valence-corrected chi connectivity index (χ1v) is 15.5. The van der Waals surface area contributed by atoms with E-state index in [0.717, 1.165) is 29.5 Å². The first-order chi connectivity index (χ1) is 20.6. The molecule has 1 aromatic carbocycles. The van der Waals surface area contributed by atoms with Gasteiger partial charge in [-0.05, 0) is 50.2 Å². The quantitative estimate of drug-likeness (QED) is 0.319. The zero-order valence-corrected chi connectivity index (χ0v) is 25.5. The number of pyridine rings is 1. The van der Waals surface area contributed by atoms with Crippen LogP contribution in [0.2, 0.25) is 0 Å². The molecular weight excluding hydrogens is 574 g/mol. The molecular formula is C29H37N7O6S. The van der Waals surface area contributed by atoms with Gasteiger partial charge in [-0.15, -0.1) is 0 Å². The van der Waals surface area contributed by atoms with E-state index < -0.39 is 28.1 Å². The summed E-state index contributed by atoms with van der Waals surface area (Å²) < 4.78 is 38.6. The van der Waals surface area contributed by atoms with Crippen LogP contribution < -0.4 is 14.4 Å². The number of carbonyl (C=O) groups is 2. The Hall–Kier alpha value is -4.30. The number of piperazine rings is 1. The summed E-state index contributed by atoms with van der Waals surface area (Å²) >= 11 is 0. The number of nitrogens with zero attached hydrogens (tertiary/aromatic N) is 6. The first-order valence-electron chi connectivity index (χ1n) is 14.0. The highest BCUT2D eigenvalue weighted by Crippen LogP contribution is 2.28. The Morgan fingerprint density at radius 2 is 1.77 bits per heavy atom. The molecule has 1 amide bonds. The van der Waals surface area contributed by atoms with Gasteiger partial charge in [0, 0.05) is 52.0 Å². The number of aromatic nitrogens is 3. The predicted molar refractivity (Wildman–Crippen MR) is 160 cm³/mol. The minimum absolute atomic E-state index is 0.00733. The molecule has 0 unspecified atom stereocenters. The topological polar surface area (TPSA) is 147 Å². The molecule has 1 saturated heterocycles. The molecule has 230 valence electrons. The molecule has 0 spiro atoms. The van der Waals surface area contributed by atoms with Crippen LogP contribution in [0.1, 0.15) is 26.3 Å². The number of benzene rings is 1. The second kappa shape index (κ2) is 14.2. The molecule has 0 radical (unpaired) electrons. The summed E-state index contributed by atoms with van der Waals surface area (Å²) in [5, 5.41) is 3.06. The highest BCUT2D eigenvalue weighted by atomic mass is 32.2. The van der Waals surface area contributed by atoms with Crippen LogP contribution >= 0.6 is 0 Å². The average Bonchev–Trinajstić information content (AvgIpc) is 3.01. The lowest BCUT2D eigenvalue weighted by Crippen LogP contribution is -2.49. The van der Waals surface area contributed by atoms with Gasteiger partial charge in [-0.25, -0.2) is 28.0 Å². The Kier molecular flexibility index (Phi) is 10.5. The number of ether oxygens (including phenoxy) is 2. The monoisotopic (exact) mass is 611 g/mol. The van der Waals surface area contributed by atoms with Crippen molar-refractivity contribution < 1.29 is 27.5 Å². The van der Waals surface area contributed by atoms with Crippen LogP contribution in [0.25, 0.3) is 0 Å². The number of nitrogens with one attached hydrogen (secondary N) is 1. The van der Waals surface area contributed by atoms with E-state index in [0.29, 0.717) is 18.8 Å². The van der Waals surface area contributed by atoms with Gasteiger partial charge >= 0.3 is 12.1 Å². The van der Waals surface area contributed by atoms with E-state index in [4.69, 9.17) is 9.47 Å². The van der Waals surface area contributed by atoms with E-state index >= 15 is 0 Å². The molecule has 3 heterocycles. The summed E-state index contributed by atoms with van der Waals surface area (Å²) in [6.45, 7) is 9.37. The van der Waals surface area contributed by atoms with E-state index in [1.807, 2.05) is 0 Å². The van der Waals surface area contributed by atoms with Gasteiger partial charge in [0.1, 0.15) is 28.7 Å². The maximum absolute atomic E-state index is 13.2. The molecule has 13 nitrogen and oxygen atoms in total. The number of hydrogen-bond donors (Lipinski definition) is 1. The minimum atomic E-state index is -3.99. The normalized spacial score (nSPS) is 14.7. The highest BCUT2D eigenvalue weighted by Gasteiger charge is 2.28. The molecule has 0 aliphatic carbocycles. The van der Waals surface area contributed by atoms with Gasteiger partial charge in [0.15, 0.2) is 5.82 Å². The molecule has 1 aliphatic rings. The Labute approximate surface area is 251 Å². The Morgan fingerprint density at radius 3 is 2.40 bits per heavy atom. The first kappa shape index (κ1) is 31.6. The van der Waals surface area contributed by atoms with Crippen LogP contribution in [-0.4, -0.2) is 97.1 Å². The van der Waals surface area contributed by atoms with Crippen LogP contribution in [-0.2, 0) is 26.0 Å². The van der Waals surface area contributed by atoms with Crippen molar-refractivity contribution in [3.63, 3.8) is 0 Å². The molecule has 14 heteroatoms. The Bertz CT molecular complexity index is 1480. The lowest BCUT2D eigenvalue weighted by atomic mass is 10.1. The van der Waals surface area contributed by atoms with Gasteiger partial charge in [-0.1, -0.05) is 19.1 Å². The third-order valence-corrected chi connectivity index (χ3v) is 8.67. The number of amides is 1. The van der Waals surface area contributed by atoms with Crippen LogP contribution in [0.5, 0.6) is 5.75 Å². The standard InChI is InChI=1S/C29H37N7O6S/c1-5-35-13-15-36(16-14-35)29(38)42-23-10-8-22(9-11-23)17-25(28(37)41-21(2)3)33-27-26(19-31-20-32-27)34(4)43(39,40)24-7-6-12-30-18-24/h6-12,18-21,25H,5,13-17H2,1-4H3,(H,31,32,33)/t25-/m0/s1. The van der Waals surface area contributed by atoms with Gasteiger partial charge in [-0.2, -0.15) is 0 Å². The number of esters is 1. The zero-order chi connectivity index (χ0) is 31.0. The molecule has 1 fully saturated rings. The second-order valence-corrected chi connectivity index (χ2v) is 12.2. The molecule has 4 rings (SSSR count). The van der Waals surface area contributed by atoms with E-state index in [2.05, 4.69) is 32.1 Å². The third kappa shape index (κ3) is 8.17. The van der Waals surface area contributed by atoms with Gasteiger partial charge < -0.3 is 24.6 Å². The van der Waals surface area contributed by atoms with Crippen LogP contribution in [0.3, 0.4) is 0 Å². The maximum atomic E-state index is 13.2. The third-order valence-electron chi connectivity index (χ3n) is 6.92. The van der Waals surface area contributed by atoms with Crippen molar-refractivity contribution in [1.82, 2.24) is 24.8 Å². The lowest BCUT2D eigenvalue weighted by Gasteiger charge is -2.33. The van der Waals surface area contributed by atoms with Crippen LogP contribution in [0.4, 0.5) is 16.3 Å². The fourth-order valence-electron chi connectivity index (χ4n) is 4.47. The van der Waals surface area contributed by atoms with E-state index in [1.165, 1.54) is 44.1 Å². The van der Waals surface area contributed by atoms with Crippen molar-refractivity contribution >= 4 is 33.6 Å². The van der Waals surface area contributed by atoms with Crippen molar-refractivity contribution in [3.05, 3.63) is 66.9 Å².